The summed E-state index contributed by atoms with van der Waals surface area (Å²) in [4.78, 5) is 62.0. The van der Waals surface area contributed by atoms with E-state index in [1.54, 1.807) is 27.4 Å². The lowest BCUT2D eigenvalue weighted by Crippen LogP contribution is -2.56. The average molecular weight is 836 g/mol. The molecule has 4 N–H and O–H groups in total. The standard InChI is InChI=1S/C35H45Br2N7O7/c36-27-19-23(20-28(37)32(27)46)21-30(33(47)42-10-6-25(7-11-42)41-17-15-40(16-18-41)22-31(45)39-50)51-35(49)43-12-8-26(9-13-43)44-14-5-24-3-1-2-4-29(24)38-34(44)48/h1-4,19-20,25-26,30,46,50H,5-18,21-22H2,(H,38,48)(H,39,45). The molecule has 2 aromatic carbocycles. The number of nitrogens with zero attached hydrogens (tertiary/aromatic N) is 5. The number of phenols is 1. The van der Waals surface area contributed by atoms with E-state index >= 15 is 0 Å². The Bertz CT molecular complexity index is 1570. The molecule has 0 saturated carbocycles. The molecule has 0 aliphatic carbocycles. The third-order valence-electron chi connectivity index (χ3n) is 10.5. The Balaban J connectivity index is 1.06. The maximum Gasteiger partial charge on any atom is 0.410 e. The Morgan fingerprint density at radius 1 is 0.882 bits per heavy atom. The zero-order chi connectivity index (χ0) is 36.1. The second-order valence-electron chi connectivity index (χ2n) is 13.6. The number of hydrogen-bond acceptors (Lipinski definition) is 9. The van der Waals surface area contributed by atoms with Gasteiger partial charge >= 0.3 is 12.1 Å². The van der Waals surface area contributed by atoms with Gasteiger partial charge in [0.1, 0.15) is 5.75 Å². The molecule has 3 fully saturated rings. The lowest BCUT2D eigenvalue weighted by molar-refractivity contribution is -0.142. The second kappa shape index (κ2) is 16.9. The number of carbonyl (C=O) groups excluding carboxylic acids is 4. The smallest absolute Gasteiger partial charge is 0.410 e. The third kappa shape index (κ3) is 9.14. The Kier molecular flexibility index (Phi) is 12.4. The second-order valence-corrected chi connectivity index (χ2v) is 15.3. The van der Waals surface area contributed by atoms with Crippen LogP contribution in [-0.2, 0) is 27.2 Å². The summed E-state index contributed by atoms with van der Waals surface area (Å²) in [5, 5.41) is 22.1. The highest BCUT2D eigenvalue weighted by Crippen LogP contribution is 2.34. The molecule has 0 aromatic heterocycles. The summed E-state index contributed by atoms with van der Waals surface area (Å²) in [6.45, 7) is 5.67. The average Bonchev–Trinajstić information content (AvgIpc) is 3.31. The molecule has 2 aromatic rings. The number of carbonyl (C=O) groups is 4. The number of fused-ring (bicyclic) bond motifs is 1. The van der Waals surface area contributed by atoms with Gasteiger partial charge in [0.05, 0.1) is 15.5 Å². The number of para-hydroxylation sites is 1. The van der Waals surface area contributed by atoms with Gasteiger partial charge in [-0.05, 0) is 93.3 Å². The molecule has 4 heterocycles. The number of hydroxylamine groups is 1. The first-order chi connectivity index (χ1) is 24.6. The summed E-state index contributed by atoms with van der Waals surface area (Å²) in [5.41, 5.74) is 4.34. The molecule has 3 saturated heterocycles. The van der Waals surface area contributed by atoms with Crippen LogP contribution in [0.3, 0.4) is 0 Å². The monoisotopic (exact) mass is 833 g/mol. The van der Waals surface area contributed by atoms with Crippen LogP contribution in [0.4, 0.5) is 15.3 Å². The number of urea groups is 1. The fourth-order valence-corrected chi connectivity index (χ4v) is 8.89. The predicted molar refractivity (Wildman–Crippen MR) is 195 cm³/mol. The number of amides is 5. The minimum Gasteiger partial charge on any atom is -0.506 e. The van der Waals surface area contributed by atoms with Gasteiger partial charge in [-0.3, -0.25) is 24.6 Å². The summed E-state index contributed by atoms with van der Waals surface area (Å²) in [5.74, 6) is -0.629. The summed E-state index contributed by atoms with van der Waals surface area (Å²) >= 11 is 6.74. The summed E-state index contributed by atoms with van der Waals surface area (Å²) in [6.07, 6.45) is 2.04. The maximum absolute atomic E-state index is 14.1. The van der Waals surface area contributed by atoms with Gasteiger partial charge in [0.2, 0.25) is 0 Å². The lowest BCUT2D eigenvalue weighted by atomic mass is 10.0. The van der Waals surface area contributed by atoms with Crippen LogP contribution < -0.4 is 10.8 Å². The van der Waals surface area contributed by atoms with Crippen LogP contribution in [0, 0.1) is 0 Å². The van der Waals surface area contributed by atoms with Crippen LogP contribution in [-0.4, -0.2) is 142 Å². The van der Waals surface area contributed by atoms with Gasteiger partial charge in [-0.1, -0.05) is 18.2 Å². The van der Waals surface area contributed by atoms with Crippen LogP contribution in [0.2, 0.25) is 0 Å². The molecule has 4 aliphatic rings. The number of aromatic hydroxyl groups is 1. The van der Waals surface area contributed by atoms with Crippen molar-refractivity contribution in [3.8, 4) is 5.75 Å². The van der Waals surface area contributed by atoms with Gasteiger partial charge in [0.25, 0.3) is 11.8 Å². The van der Waals surface area contributed by atoms with E-state index in [0.717, 1.165) is 56.7 Å². The van der Waals surface area contributed by atoms with E-state index in [-0.39, 0.29) is 36.7 Å². The number of halogens is 2. The van der Waals surface area contributed by atoms with E-state index in [4.69, 9.17) is 9.94 Å². The van der Waals surface area contributed by atoms with Crippen LogP contribution in [0.25, 0.3) is 0 Å². The summed E-state index contributed by atoms with van der Waals surface area (Å²) in [6, 6.07) is 11.4. The molecule has 276 valence electrons. The lowest BCUT2D eigenvalue weighted by Gasteiger charge is -2.43. The highest BCUT2D eigenvalue weighted by Gasteiger charge is 2.37. The number of rotatable bonds is 8. The van der Waals surface area contributed by atoms with E-state index in [0.29, 0.717) is 66.1 Å². The van der Waals surface area contributed by atoms with Gasteiger partial charge in [-0.25, -0.2) is 15.1 Å². The van der Waals surface area contributed by atoms with Gasteiger partial charge < -0.3 is 29.9 Å². The number of likely N-dealkylation sites (tertiary alicyclic amines) is 2. The third-order valence-corrected chi connectivity index (χ3v) is 11.7. The molecule has 0 spiro atoms. The maximum atomic E-state index is 14.1. The van der Waals surface area contributed by atoms with Gasteiger partial charge in [-0.2, -0.15) is 0 Å². The molecule has 16 heteroatoms. The quantitative estimate of drug-likeness (QED) is 0.230. The molecule has 4 aliphatic heterocycles. The Morgan fingerprint density at radius 2 is 1.51 bits per heavy atom. The fourth-order valence-electron chi connectivity index (χ4n) is 7.60. The number of phenolic OH excluding ortho intramolecular Hbond substituents is 1. The Labute approximate surface area is 314 Å². The first kappa shape index (κ1) is 37.3. The summed E-state index contributed by atoms with van der Waals surface area (Å²) in [7, 11) is 0. The number of piperidine rings is 2. The van der Waals surface area contributed by atoms with Crippen LogP contribution in [0.15, 0.2) is 45.3 Å². The van der Waals surface area contributed by atoms with Crippen LogP contribution in [0.1, 0.15) is 36.8 Å². The van der Waals surface area contributed by atoms with Crippen molar-refractivity contribution in [2.75, 3.05) is 70.8 Å². The van der Waals surface area contributed by atoms with E-state index in [2.05, 4.69) is 42.1 Å². The fraction of sp³-hybridized carbons (Fsp3) is 0.543. The van der Waals surface area contributed by atoms with E-state index in [1.165, 1.54) is 0 Å². The number of nitrogens with one attached hydrogen (secondary N) is 2. The highest BCUT2D eigenvalue weighted by atomic mass is 79.9. The van der Waals surface area contributed by atoms with Crippen molar-refractivity contribution < 1.29 is 34.2 Å². The van der Waals surface area contributed by atoms with Crippen LogP contribution >= 0.6 is 31.9 Å². The largest absolute Gasteiger partial charge is 0.506 e. The predicted octanol–water partition coefficient (Wildman–Crippen LogP) is 3.63. The molecule has 1 unspecified atom stereocenters. The van der Waals surface area contributed by atoms with Crippen molar-refractivity contribution in [1.29, 1.82) is 0 Å². The Morgan fingerprint density at radius 3 is 2.18 bits per heavy atom. The molecule has 5 amide bonds. The molecular formula is C35H45Br2N7O7. The highest BCUT2D eigenvalue weighted by molar-refractivity contribution is 9.11. The van der Waals surface area contributed by atoms with Crippen molar-refractivity contribution in [1.82, 2.24) is 30.0 Å². The first-order valence-electron chi connectivity index (χ1n) is 17.6. The molecule has 14 nitrogen and oxygen atoms in total. The van der Waals surface area contributed by atoms with Crippen molar-refractivity contribution in [2.45, 2.75) is 56.7 Å². The van der Waals surface area contributed by atoms with Gasteiger partial charge in [0.15, 0.2) is 6.10 Å². The minimum absolute atomic E-state index is 0.0169. The topological polar surface area (TPSA) is 158 Å². The van der Waals surface area contributed by atoms with Crippen molar-refractivity contribution in [2.24, 2.45) is 0 Å². The van der Waals surface area contributed by atoms with Crippen molar-refractivity contribution in [3.63, 3.8) is 0 Å². The number of benzene rings is 2. The summed E-state index contributed by atoms with van der Waals surface area (Å²) < 4.78 is 6.95. The van der Waals surface area contributed by atoms with Gasteiger partial charge in [0, 0.05) is 83.1 Å². The van der Waals surface area contributed by atoms with E-state index < -0.39 is 18.1 Å². The van der Waals surface area contributed by atoms with Crippen molar-refractivity contribution in [3.05, 3.63) is 56.5 Å². The normalized spacial score (nSPS) is 20.3. The van der Waals surface area contributed by atoms with E-state index in [1.807, 2.05) is 34.1 Å². The van der Waals surface area contributed by atoms with Gasteiger partial charge in [-0.15, -0.1) is 0 Å². The molecule has 0 radical (unpaired) electrons. The zero-order valence-electron chi connectivity index (χ0n) is 28.4. The van der Waals surface area contributed by atoms with Crippen LogP contribution in [0.5, 0.6) is 5.75 Å². The first-order valence-corrected chi connectivity index (χ1v) is 19.1. The number of piperazine rings is 1. The van der Waals surface area contributed by atoms with Crippen molar-refractivity contribution >= 4 is 61.5 Å². The molecular weight excluding hydrogens is 790 g/mol. The zero-order valence-corrected chi connectivity index (χ0v) is 31.6. The number of hydrogen-bond donors (Lipinski definition) is 4. The molecule has 0 bridgehead atoms. The Hall–Kier alpha value is -3.44. The number of anilines is 1. The minimum atomic E-state index is -1.06. The molecule has 51 heavy (non-hydrogen) atoms. The number of ether oxygens (including phenoxy) is 1. The van der Waals surface area contributed by atoms with E-state index in [9.17, 15) is 24.3 Å². The molecule has 6 rings (SSSR count). The molecule has 1 atom stereocenters. The SMILES string of the molecule is O=C(CN1CCN(C2CCN(C(=O)C(Cc3cc(Br)c(O)c(Br)c3)OC(=O)N3CCC(N4CCc5ccccc5NC4=O)CC3)CC2)CC1)NO.